The molecular formula is C36H31ClFN9O4S. The van der Waals surface area contributed by atoms with Crippen molar-refractivity contribution in [2.75, 3.05) is 29.9 Å². The van der Waals surface area contributed by atoms with Crippen LogP contribution in [0.4, 0.5) is 15.9 Å². The Hall–Kier alpha value is -5.25. The Morgan fingerprint density at radius 3 is 2.48 bits per heavy atom. The molecule has 3 aromatic carbocycles. The minimum absolute atomic E-state index is 0.00547. The van der Waals surface area contributed by atoms with Crippen LogP contribution in [0.25, 0.3) is 32.9 Å². The fourth-order valence-electron chi connectivity index (χ4n) is 7.03. The molecule has 1 aliphatic carbocycles. The third-order valence-electron chi connectivity index (χ3n) is 9.72. The summed E-state index contributed by atoms with van der Waals surface area (Å²) in [7, 11) is -3.95. The Labute approximate surface area is 302 Å². The van der Waals surface area contributed by atoms with Crippen molar-refractivity contribution in [1.82, 2.24) is 34.4 Å². The number of rotatable bonds is 9. The number of fused-ring (bicyclic) bond motifs is 4. The van der Waals surface area contributed by atoms with Crippen molar-refractivity contribution in [2.45, 2.75) is 48.6 Å². The maximum atomic E-state index is 16.6. The van der Waals surface area contributed by atoms with Crippen LogP contribution in [-0.2, 0) is 14.8 Å². The first kappa shape index (κ1) is 32.6. The lowest BCUT2D eigenvalue weighted by Crippen LogP contribution is -2.51. The highest BCUT2D eigenvalue weighted by atomic mass is 35.5. The van der Waals surface area contributed by atoms with E-state index in [0.29, 0.717) is 51.8 Å². The molecule has 2 N–H and O–H groups in total. The molecule has 264 valence electrons. The number of pyridine rings is 1. The highest BCUT2D eigenvalue weighted by Gasteiger charge is 2.34. The lowest BCUT2D eigenvalue weighted by molar-refractivity contribution is -0.118. The molecule has 16 heteroatoms. The molecule has 3 aliphatic rings. The molecule has 0 radical (unpaired) electrons. The monoisotopic (exact) mass is 739 g/mol. The van der Waals surface area contributed by atoms with Crippen LogP contribution in [0.2, 0.25) is 5.02 Å². The van der Waals surface area contributed by atoms with Gasteiger partial charge in [0.1, 0.15) is 23.4 Å². The molecule has 2 saturated heterocycles. The number of amides is 1. The maximum Gasteiger partial charge on any atom is 0.319 e. The first-order valence-electron chi connectivity index (χ1n) is 17.0. The van der Waals surface area contributed by atoms with Gasteiger partial charge in [-0.3, -0.25) is 9.78 Å². The van der Waals surface area contributed by atoms with Crippen LogP contribution in [0, 0.1) is 5.82 Å². The fourth-order valence-corrected chi connectivity index (χ4v) is 8.37. The van der Waals surface area contributed by atoms with Crippen molar-refractivity contribution >= 4 is 60.7 Å². The van der Waals surface area contributed by atoms with Gasteiger partial charge in [-0.25, -0.2) is 9.37 Å². The van der Waals surface area contributed by atoms with Gasteiger partial charge in [0.2, 0.25) is 0 Å². The lowest BCUT2D eigenvalue weighted by Gasteiger charge is -2.34. The SMILES string of the molecule is O=C(COc1nc(N2CC3CCC(C2)N3)c2cnc(-c3cccc4cccc(Cl)c34)c(F)c2n1)Nc1ccc(S(=O)(=O)n2cnc(C3CC3)n2)cc1. The maximum absolute atomic E-state index is 16.6. The molecule has 2 bridgehead atoms. The average Bonchev–Trinajstić information content (AvgIpc) is 3.77. The summed E-state index contributed by atoms with van der Waals surface area (Å²) < 4.78 is 49.4. The predicted molar refractivity (Wildman–Crippen MR) is 193 cm³/mol. The van der Waals surface area contributed by atoms with Crippen LogP contribution in [0.15, 0.2) is 78.1 Å². The van der Waals surface area contributed by atoms with E-state index < -0.39 is 28.4 Å². The number of aromatic nitrogens is 6. The normalized spacial score (nSPS) is 18.6. The quantitative estimate of drug-likeness (QED) is 0.198. The van der Waals surface area contributed by atoms with Gasteiger partial charge in [-0.05, 0) is 61.4 Å². The summed E-state index contributed by atoms with van der Waals surface area (Å²) in [6.45, 7) is 0.837. The number of halogens is 2. The number of anilines is 2. The highest BCUT2D eigenvalue weighted by molar-refractivity contribution is 7.89. The van der Waals surface area contributed by atoms with Crippen molar-refractivity contribution in [3.8, 4) is 17.3 Å². The van der Waals surface area contributed by atoms with Gasteiger partial charge >= 0.3 is 6.01 Å². The van der Waals surface area contributed by atoms with Crippen molar-refractivity contribution < 1.29 is 22.3 Å². The Morgan fingerprint density at radius 2 is 1.73 bits per heavy atom. The van der Waals surface area contributed by atoms with Crippen molar-refractivity contribution in [1.29, 1.82) is 0 Å². The Bertz CT molecular complexity index is 2480. The Kier molecular flexibility index (Phi) is 8.01. The van der Waals surface area contributed by atoms with E-state index >= 15 is 4.39 Å². The third-order valence-corrected chi connectivity index (χ3v) is 11.6. The molecule has 2 aliphatic heterocycles. The molecule has 1 amide bonds. The zero-order chi connectivity index (χ0) is 35.6. The molecule has 3 aromatic heterocycles. The van der Waals surface area contributed by atoms with Gasteiger partial charge in [0.05, 0.1) is 10.3 Å². The van der Waals surface area contributed by atoms with E-state index in [-0.39, 0.29) is 40.1 Å². The second kappa shape index (κ2) is 12.8. The molecule has 9 rings (SSSR count). The minimum Gasteiger partial charge on any atom is -0.453 e. The minimum atomic E-state index is -3.95. The summed E-state index contributed by atoms with van der Waals surface area (Å²) in [6.07, 6.45) is 6.74. The summed E-state index contributed by atoms with van der Waals surface area (Å²) in [5.74, 6) is -0.00713. The third kappa shape index (κ3) is 5.97. The number of nitrogens with one attached hydrogen (secondary N) is 2. The molecule has 2 unspecified atom stereocenters. The summed E-state index contributed by atoms with van der Waals surface area (Å²) >= 11 is 6.58. The van der Waals surface area contributed by atoms with Gasteiger partial charge in [-0.1, -0.05) is 41.9 Å². The first-order valence-corrected chi connectivity index (χ1v) is 18.8. The topological polar surface area (TPSA) is 157 Å². The highest BCUT2D eigenvalue weighted by Crippen LogP contribution is 2.39. The molecule has 3 fully saturated rings. The smallest absolute Gasteiger partial charge is 0.319 e. The van der Waals surface area contributed by atoms with Gasteiger partial charge in [-0.2, -0.15) is 18.4 Å². The van der Waals surface area contributed by atoms with E-state index in [2.05, 4.69) is 40.6 Å². The van der Waals surface area contributed by atoms with Crippen LogP contribution < -0.4 is 20.3 Å². The summed E-state index contributed by atoms with van der Waals surface area (Å²) in [5, 5.41) is 12.8. The predicted octanol–water partition coefficient (Wildman–Crippen LogP) is 5.30. The zero-order valence-corrected chi connectivity index (χ0v) is 29.1. The first-order chi connectivity index (χ1) is 25.2. The van der Waals surface area contributed by atoms with Crippen molar-refractivity contribution in [3.63, 3.8) is 0 Å². The molecule has 6 aromatic rings. The van der Waals surface area contributed by atoms with Gasteiger partial charge in [0.15, 0.2) is 18.2 Å². The van der Waals surface area contributed by atoms with Crippen LogP contribution >= 0.6 is 11.6 Å². The van der Waals surface area contributed by atoms with Gasteiger partial charge < -0.3 is 20.3 Å². The number of benzene rings is 3. The fraction of sp³-hybridized carbons (Fsp3) is 0.278. The molecule has 52 heavy (non-hydrogen) atoms. The summed E-state index contributed by atoms with van der Waals surface area (Å²) in [5.41, 5.74) is 0.955. The van der Waals surface area contributed by atoms with E-state index in [1.807, 2.05) is 24.3 Å². The second-order valence-corrected chi connectivity index (χ2v) is 15.5. The van der Waals surface area contributed by atoms with E-state index in [0.717, 1.165) is 35.2 Å². The Balaban J connectivity index is 0.986. The van der Waals surface area contributed by atoms with Gasteiger partial charge in [0, 0.05) is 58.9 Å². The van der Waals surface area contributed by atoms with Crippen molar-refractivity contribution in [2.24, 2.45) is 0 Å². The van der Waals surface area contributed by atoms with E-state index in [4.69, 9.17) is 16.3 Å². The van der Waals surface area contributed by atoms with Gasteiger partial charge in [0.25, 0.3) is 15.9 Å². The van der Waals surface area contributed by atoms with E-state index in [1.165, 1.54) is 30.6 Å². The van der Waals surface area contributed by atoms with Crippen LogP contribution in [0.5, 0.6) is 6.01 Å². The number of nitrogens with zero attached hydrogens (tertiary/aromatic N) is 7. The van der Waals surface area contributed by atoms with Crippen LogP contribution in [0.1, 0.15) is 37.4 Å². The number of piperazine rings is 1. The van der Waals surface area contributed by atoms with Crippen molar-refractivity contribution in [3.05, 3.63) is 89.9 Å². The molecule has 5 heterocycles. The van der Waals surface area contributed by atoms with E-state index in [9.17, 15) is 13.2 Å². The average molecular weight is 740 g/mol. The molecule has 13 nitrogen and oxygen atoms in total. The summed E-state index contributed by atoms with van der Waals surface area (Å²) in [4.78, 5) is 32.9. The zero-order valence-electron chi connectivity index (χ0n) is 27.5. The number of hydrogen-bond acceptors (Lipinski definition) is 11. The lowest BCUT2D eigenvalue weighted by atomic mass is 10.0. The number of ether oxygens (including phenoxy) is 1. The number of carbonyl (C=O) groups excluding carboxylic acids is 1. The number of hydrogen-bond donors (Lipinski definition) is 2. The molecule has 0 spiro atoms. The molecule has 1 saturated carbocycles. The Morgan fingerprint density at radius 1 is 0.981 bits per heavy atom. The van der Waals surface area contributed by atoms with Crippen LogP contribution in [0.3, 0.4) is 0 Å². The summed E-state index contributed by atoms with van der Waals surface area (Å²) in [6, 6.07) is 17.0. The van der Waals surface area contributed by atoms with Gasteiger partial charge in [-0.15, -0.1) is 9.19 Å². The second-order valence-electron chi connectivity index (χ2n) is 13.3. The molecular weight excluding hydrogens is 709 g/mol. The van der Waals surface area contributed by atoms with Crippen LogP contribution in [-0.4, -0.2) is 75.2 Å². The largest absolute Gasteiger partial charge is 0.453 e. The molecule has 2 atom stereocenters. The standard InChI is InChI=1S/C36H31ClFN9O4S/c37-28-6-2-4-20-3-1-5-26(30(20)28)32-31(38)33-27(15-39-32)35(46-16-23-9-10-24(17-46)41-23)44-36(43-33)51-18-29(48)42-22-11-13-25(14-12-22)52(49,50)47-19-40-34(45-47)21-7-8-21/h1-6,11-15,19,21,23-24,41H,7-10,16-18H2,(H,42,48). The number of carbonyl (C=O) groups is 1. The van der Waals surface area contributed by atoms with E-state index in [1.54, 1.807) is 18.3 Å².